The van der Waals surface area contributed by atoms with Crippen molar-refractivity contribution < 1.29 is 14.3 Å². The predicted octanol–water partition coefficient (Wildman–Crippen LogP) is 1.83. The summed E-state index contributed by atoms with van der Waals surface area (Å²) >= 11 is 0. The Hall–Kier alpha value is -0.240. The molecule has 0 aromatic heterocycles. The van der Waals surface area contributed by atoms with Gasteiger partial charge in [0.1, 0.15) is 0 Å². The number of rotatable bonds is 4. The van der Waals surface area contributed by atoms with Crippen molar-refractivity contribution in [2.24, 2.45) is 0 Å². The van der Waals surface area contributed by atoms with Crippen molar-refractivity contribution in [3.63, 3.8) is 0 Å². The first-order valence-electron chi connectivity index (χ1n) is 8.61. The molecule has 3 aliphatic heterocycles. The molecule has 3 fully saturated rings. The van der Waals surface area contributed by atoms with Crippen molar-refractivity contribution in [2.45, 2.75) is 57.5 Å². The van der Waals surface area contributed by atoms with E-state index >= 15 is 0 Å². The summed E-state index contributed by atoms with van der Waals surface area (Å²) in [6.45, 7) is 5.12. The number of hydrogen-bond acceptors (Lipinski definition) is 6. The highest BCUT2D eigenvalue weighted by Gasteiger charge is 2.42. The lowest BCUT2D eigenvalue weighted by molar-refractivity contribution is -0.442. The maximum atomic E-state index is 6.10. The van der Waals surface area contributed by atoms with Crippen LogP contribution in [0.1, 0.15) is 51.4 Å². The fraction of sp³-hybridized carbons (Fsp3) is 1.00. The van der Waals surface area contributed by atoms with E-state index in [1.54, 1.807) is 0 Å². The standard InChI is InChI=1S/C15H29N3O3/c1-2-6-10-17(9-5-1)16-15(19-13-14-20-15)21-18-11-7-3-4-8-12-18/h16H,1-14H2. The largest absolute Gasteiger partial charge is 0.380 e. The van der Waals surface area contributed by atoms with Crippen LogP contribution in [0.2, 0.25) is 0 Å². The van der Waals surface area contributed by atoms with Crippen LogP contribution in [0.3, 0.4) is 0 Å². The maximum Gasteiger partial charge on any atom is 0.380 e. The smallest absolute Gasteiger partial charge is 0.310 e. The Kier molecular flexibility index (Phi) is 5.85. The average Bonchev–Trinajstić information content (AvgIpc) is 2.70. The third-order valence-corrected chi connectivity index (χ3v) is 4.38. The molecule has 0 unspecified atom stereocenters. The molecular weight excluding hydrogens is 270 g/mol. The molecule has 0 spiro atoms. The minimum absolute atomic E-state index is 0.578. The van der Waals surface area contributed by atoms with E-state index in [0.29, 0.717) is 13.2 Å². The normalized spacial score (nSPS) is 29.1. The van der Waals surface area contributed by atoms with E-state index in [1.165, 1.54) is 51.4 Å². The molecule has 0 radical (unpaired) electrons. The molecule has 0 atom stereocenters. The van der Waals surface area contributed by atoms with E-state index in [1.807, 2.05) is 5.06 Å². The summed E-state index contributed by atoms with van der Waals surface area (Å²) in [6.07, 6.45) is 8.87. The summed E-state index contributed by atoms with van der Waals surface area (Å²) in [5.74, 6) is 0. The van der Waals surface area contributed by atoms with Gasteiger partial charge in [-0.3, -0.25) is 0 Å². The summed E-state index contributed by atoms with van der Waals surface area (Å²) in [5, 5.41) is 4.22. The lowest BCUT2D eigenvalue weighted by atomic mass is 10.2. The van der Waals surface area contributed by atoms with Gasteiger partial charge in [-0.25, -0.2) is 9.85 Å². The van der Waals surface area contributed by atoms with Gasteiger partial charge in [-0.05, 0) is 25.7 Å². The lowest BCUT2D eigenvalue weighted by Crippen LogP contribution is -2.59. The first-order valence-corrected chi connectivity index (χ1v) is 8.61. The summed E-state index contributed by atoms with van der Waals surface area (Å²) in [7, 11) is 0. The molecule has 6 heteroatoms. The lowest BCUT2D eigenvalue weighted by Gasteiger charge is -2.36. The third-order valence-electron chi connectivity index (χ3n) is 4.38. The monoisotopic (exact) mass is 299 g/mol. The topological polar surface area (TPSA) is 46.2 Å². The van der Waals surface area contributed by atoms with Gasteiger partial charge in [-0.1, -0.05) is 25.7 Å². The van der Waals surface area contributed by atoms with Gasteiger partial charge in [0.05, 0.1) is 13.2 Å². The van der Waals surface area contributed by atoms with Crippen molar-refractivity contribution >= 4 is 0 Å². The Morgan fingerprint density at radius 3 is 1.81 bits per heavy atom. The number of nitrogens with zero attached hydrogens (tertiary/aromatic N) is 2. The van der Waals surface area contributed by atoms with E-state index in [9.17, 15) is 0 Å². The van der Waals surface area contributed by atoms with Crippen LogP contribution in [0.15, 0.2) is 0 Å². The molecule has 0 amide bonds. The molecule has 3 aliphatic rings. The zero-order chi connectivity index (χ0) is 14.4. The maximum absolute atomic E-state index is 6.10. The van der Waals surface area contributed by atoms with Crippen LogP contribution in [0, 0.1) is 0 Å². The second-order valence-corrected chi connectivity index (χ2v) is 6.20. The fourth-order valence-electron chi connectivity index (χ4n) is 3.21. The number of hydrazine groups is 1. The van der Waals surface area contributed by atoms with Crippen LogP contribution < -0.4 is 5.43 Å². The molecule has 0 aliphatic carbocycles. The number of hydroxylamine groups is 2. The molecule has 0 bridgehead atoms. The van der Waals surface area contributed by atoms with Gasteiger partial charge in [-0.15, -0.1) is 0 Å². The van der Waals surface area contributed by atoms with Gasteiger partial charge in [0.25, 0.3) is 0 Å². The first kappa shape index (κ1) is 15.6. The van der Waals surface area contributed by atoms with Crippen molar-refractivity contribution in [1.82, 2.24) is 15.5 Å². The molecule has 6 nitrogen and oxygen atoms in total. The van der Waals surface area contributed by atoms with Crippen LogP contribution in [0.5, 0.6) is 0 Å². The fourth-order valence-corrected chi connectivity index (χ4v) is 3.21. The Labute approximate surface area is 127 Å². The minimum Gasteiger partial charge on any atom is -0.310 e. The molecule has 21 heavy (non-hydrogen) atoms. The van der Waals surface area contributed by atoms with E-state index in [4.69, 9.17) is 14.3 Å². The molecule has 0 saturated carbocycles. The second-order valence-electron chi connectivity index (χ2n) is 6.20. The van der Waals surface area contributed by atoms with Crippen LogP contribution in [-0.2, 0) is 14.3 Å². The van der Waals surface area contributed by atoms with Crippen molar-refractivity contribution in [3.8, 4) is 0 Å². The van der Waals surface area contributed by atoms with Gasteiger partial charge < -0.3 is 9.47 Å². The quantitative estimate of drug-likeness (QED) is 0.799. The molecule has 3 heterocycles. The summed E-state index contributed by atoms with van der Waals surface area (Å²) in [4.78, 5) is 6.10. The molecule has 3 saturated heterocycles. The Bertz CT molecular complexity index is 271. The van der Waals surface area contributed by atoms with Crippen LogP contribution in [0.25, 0.3) is 0 Å². The second kappa shape index (κ2) is 7.85. The van der Waals surface area contributed by atoms with Gasteiger partial charge in [-0.2, -0.15) is 10.5 Å². The molecule has 0 aromatic rings. The summed E-state index contributed by atoms with van der Waals surface area (Å²) in [5.41, 5.74) is 3.36. The number of nitrogens with one attached hydrogen (secondary N) is 1. The van der Waals surface area contributed by atoms with E-state index < -0.39 is 6.10 Å². The van der Waals surface area contributed by atoms with Crippen molar-refractivity contribution in [2.75, 3.05) is 39.4 Å². The van der Waals surface area contributed by atoms with Crippen molar-refractivity contribution in [1.29, 1.82) is 0 Å². The summed E-state index contributed by atoms with van der Waals surface area (Å²) < 4.78 is 11.6. The highest BCUT2D eigenvalue weighted by Crippen LogP contribution is 2.23. The highest BCUT2D eigenvalue weighted by atomic mass is 17.0. The Morgan fingerprint density at radius 1 is 0.714 bits per heavy atom. The van der Waals surface area contributed by atoms with Gasteiger partial charge in [0.2, 0.25) is 0 Å². The molecule has 122 valence electrons. The molecular formula is C15H29N3O3. The Balaban J connectivity index is 1.58. The number of hydrogen-bond donors (Lipinski definition) is 1. The van der Waals surface area contributed by atoms with Gasteiger partial charge in [0.15, 0.2) is 0 Å². The van der Waals surface area contributed by atoms with Crippen molar-refractivity contribution in [3.05, 3.63) is 0 Å². The molecule has 1 N–H and O–H groups in total. The predicted molar refractivity (Wildman–Crippen MR) is 78.9 cm³/mol. The third kappa shape index (κ3) is 4.61. The molecule has 0 aromatic carbocycles. The SMILES string of the molecule is C1CCCN(NC2(ON3CCCCCC3)OCCO2)CC1. The highest BCUT2D eigenvalue weighted by molar-refractivity contribution is 4.66. The van der Waals surface area contributed by atoms with E-state index in [2.05, 4.69) is 10.4 Å². The van der Waals surface area contributed by atoms with E-state index in [0.717, 1.165) is 26.2 Å². The van der Waals surface area contributed by atoms with Crippen LogP contribution >= 0.6 is 0 Å². The Morgan fingerprint density at radius 2 is 1.24 bits per heavy atom. The van der Waals surface area contributed by atoms with E-state index in [-0.39, 0.29) is 0 Å². The average molecular weight is 299 g/mol. The van der Waals surface area contributed by atoms with Gasteiger partial charge in [0, 0.05) is 26.2 Å². The van der Waals surface area contributed by atoms with Crippen LogP contribution in [-0.4, -0.2) is 55.6 Å². The first-order chi connectivity index (χ1) is 10.4. The van der Waals surface area contributed by atoms with Gasteiger partial charge >= 0.3 is 6.10 Å². The minimum atomic E-state index is -1.10. The zero-order valence-electron chi connectivity index (χ0n) is 13.0. The van der Waals surface area contributed by atoms with Crippen LogP contribution in [0.4, 0.5) is 0 Å². The summed E-state index contributed by atoms with van der Waals surface area (Å²) in [6, 6.07) is 0. The molecule has 3 rings (SSSR count). The number of ether oxygens (including phenoxy) is 2. The zero-order valence-corrected chi connectivity index (χ0v) is 13.0.